The lowest BCUT2D eigenvalue weighted by Gasteiger charge is -2.13. The van der Waals surface area contributed by atoms with E-state index in [0.717, 1.165) is 11.0 Å². The number of ether oxygens (including phenoxy) is 1. The van der Waals surface area contributed by atoms with Crippen molar-refractivity contribution in [2.75, 3.05) is 0 Å². The van der Waals surface area contributed by atoms with Crippen molar-refractivity contribution in [2.24, 2.45) is 0 Å². The minimum atomic E-state index is -4.79. The van der Waals surface area contributed by atoms with Gasteiger partial charge in [0.25, 0.3) is 11.1 Å². The number of nitrogens with zero attached hydrogens (tertiary/aromatic N) is 2. The minimum absolute atomic E-state index is 0.0213. The lowest BCUT2D eigenvalue weighted by atomic mass is 10.1. The Kier molecular flexibility index (Phi) is 7.37. The summed E-state index contributed by atoms with van der Waals surface area (Å²) in [6, 6.07) is 11.9. The number of alkyl halides is 3. The maximum atomic E-state index is 14.0. The molecule has 0 spiro atoms. The molecule has 4 rings (SSSR count). The van der Waals surface area contributed by atoms with Gasteiger partial charge in [-0.2, -0.15) is 13.2 Å². The average molecular weight is 597 g/mol. The van der Waals surface area contributed by atoms with E-state index in [1.807, 2.05) is 0 Å². The smallest absolute Gasteiger partial charge is 0.416 e. The zero-order valence-electron chi connectivity index (χ0n) is 18.3. The summed E-state index contributed by atoms with van der Waals surface area (Å²) < 4.78 is 59.2. The number of nitro benzene ring substituents is 1. The van der Waals surface area contributed by atoms with E-state index in [2.05, 4.69) is 15.9 Å². The van der Waals surface area contributed by atoms with Crippen LogP contribution in [0.15, 0.2) is 70.0 Å². The largest absolute Gasteiger partial charge is 0.449 e. The van der Waals surface area contributed by atoms with Gasteiger partial charge in [0, 0.05) is 21.7 Å². The molecule has 0 N–H and O–H groups in total. The lowest BCUT2D eigenvalue weighted by Crippen LogP contribution is -2.27. The van der Waals surface area contributed by atoms with Gasteiger partial charge in [0.15, 0.2) is 0 Å². The summed E-state index contributed by atoms with van der Waals surface area (Å²) in [6.07, 6.45) is -3.49. The molecule has 0 saturated carbocycles. The average Bonchev–Trinajstić information content (AvgIpc) is 3.08. The number of rotatable bonds is 6. The molecule has 37 heavy (non-hydrogen) atoms. The summed E-state index contributed by atoms with van der Waals surface area (Å²) in [5, 5.41) is 10.8. The maximum Gasteiger partial charge on any atom is 0.416 e. The molecule has 0 aliphatic carbocycles. The Morgan fingerprint density at radius 3 is 2.43 bits per heavy atom. The van der Waals surface area contributed by atoms with Crippen LogP contribution in [-0.4, -0.2) is 21.0 Å². The molecule has 7 nitrogen and oxygen atoms in total. The standard InChI is InChI=1S/C24H13BrF4N2O5S/c25-16-6-8-19(36-20-7-5-15(24(27,28)29)11-18(20)31(34)35)14(9-16)10-21-22(32)30(23(33)37-21)12-13-3-1-2-4-17(13)26/h1-11H,12H2/b21-10+. The Balaban J connectivity index is 1.67. The van der Waals surface area contributed by atoms with Gasteiger partial charge in [-0.15, -0.1) is 0 Å². The fraction of sp³-hybridized carbons (Fsp3) is 0.0833. The van der Waals surface area contributed by atoms with Crippen LogP contribution in [0.1, 0.15) is 16.7 Å². The molecule has 3 aromatic carbocycles. The van der Waals surface area contributed by atoms with E-state index in [1.165, 1.54) is 42.5 Å². The maximum absolute atomic E-state index is 14.0. The van der Waals surface area contributed by atoms with Crippen LogP contribution in [0.25, 0.3) is 6.08 Å². The van der Waals surface area contributed by atoms with Crippen molar-refractivity contribution in [1.82, 2.24) is 4.90 Å². The zero-order chi connectivity index (χ0) is 26.9. The van der Waals surface area contributed by atoms with Gasteiger partial charge in [0.05, 0.1) is 21.9 Å². The number of imide groups is 1. The number of carbonyl (C=O) groups excluding carboxylic acids is 2. The van der Waals surface area contributed by atoms with Crippen molar-refractivity contribution >= 4 is 50.6 Å². The highest BCUT2D eigenvalue weighted by Crippen LogP contribution is 2.40. The summed E-state index contributed by atoms with van der Waals surface area (Å²) in [6.45, 7) is -0.283. The van der Waals surface area contributed by atoms with Crippen LogP contribution < -0.4 is 4.74 Å². The first-order chi connectivity index (χ1) is 17.4. The molecule has 0 aromatic heterocycles. The second-order valence-corrected chi connectivity index (χ2v) is 9.49. The molecule has 13 heteroatoms. The van der Waals surface area contributed by atoms with Gasteiger partial charge in [-0.25, -0.2) is 4.39 Å². The number of hydrogen-bond donors (Lipinski definition) is 0. The zero-order valence-corrected chi connectivity index (χ0v) is 20.7. The fourth-order valence-electron chi connectivity index (χ4n) is 3.34. The number of hydrogen-bond acceptors (Lipinski definition) is 6. The van der Waals surface area contributed by atoms with Crippen LogP contribution in [0.3, 0.4) is 0 Å². The van der Waals surface area contributed by atoms with E-state index < -0.39 is 45.1 Å². The van der Waals surface area contributed by atoms with Gasteiger partial charge in [0.1, 0.15) is 11.6 Å². The van der Waals surface area contributed by atoms with E-state index in [9.17, 15) is 37.3 Å². The number of nitro groups is 1. The number of halogens is 5. The summed E-state index contributed by atoms with van der Waals surface area (Å²) in [4.78, 5) is 36.6. The van der Waals surface area contributed by atoms with E-state index in [4.69, 9.17) is 4.74 Å². The second-order valence-electron chi connectivity index (χ2n) is 7.58. The van der Waals surface area contributed by atoms with Gasteiger partial charge < -0.3 is 4.74 Å². The Bertz CT molecular complexity index is 1460. The molecular formula is C24H13BrF4N2O5S. The van der Waals surface area contributed by atoms with Gasteiger partial charge in [-0.3, -0.25) is 24.6 Å². The van der Waals surface area contributed by atoms with Crippen LogP contribution in [0.4, 0.5) is 28.0 Å². The van der Waals surface area contributed by atoms with E-state index >= 15 is 0 Å². The first-order valence-corrected chi connectivity index (χ1v) is 11.9. The Labute approximate surface area is 219 Å². The van der Waals surface area contributed by atoms with Crippen LogP contribution in [0.2, 0.25) is 0 Å². The van der Waals surface area contributed by atoms with Gasteiger partial charge in [-0.1, -0.05) is 34.1 Å². The van der Waals surface area contributed by atoms with E-state index in [1.54, 1.807) is 6.07 Å². The molecule has 1 fully saturated rings. The summed E-state index contributed by atoms with van der Waals surface area (Å²) in [7, 11) is 0. The molecule has 1 heterocycles. The van der Waals surface area contributed by atoms with Crippen molar-refractivity contribution in [1.29, 1.82) is 0 Å². The predicted octanol–water partition coefficient (Wildman–Crippen LogP) is 7.54. The summed E-state index contributed by atoms with van der Waals surface area (Å²) >= 11 is 3.87. The van der Waals surface area contributed by atoms with Crippen LogP contribution >= 0.6 is 27.7 Å². The molecule has 2 amide bonds. The van der Waals surface area contributed by atoms with Crippen molar-refractivity contribution in [2.45, 2.75) is 12.7 Å². The van der Waals surface area contributed by atoms with Crippen molar-refractivity contribution < 1.29 is 36.8 Å². The SMILES string of the molecule is O=C1S/C(=C/c2cc(Br)ccc2Oc2ccc(C(F)(F)F)cc2[N+](=O)[O-])C(=O)N1Cc1ccccc1F. The number of benzene rings is 3. The number of carbonyl (C=O) groups is 2. The predicted molar refractivity (Wildman–Crippen MR) is 130 cm³/mol. The third-order valence-corrected chi connectivity index (χ3v) is 6.52. The second kappa shape index (κ2) is 10.3. The first-order valence-electron chi connectivity index (χ1n) is 10.3. The summed E-state index contributed by atoms with van der Waals surface area (Å²) in [5.74, 6) is -1.74. The monoisotopic (exact) mass is 596 g/mol. The van der Waals surface area contributed by atoms with Gasteiger partial charge in [0.2, 0.25) is 5.75 Å². The van der Waals surface area contributed by atoms with Gasteiger partial charge >= 0.3 is 11.9 Å². The molecular weight excluding hydrogens is 584 g/mol. The van der Waals surface area contributed by atoms with Crippen molar-refractivity contribution in [3.63, 3.8) is 0 Å². The Morgan fingerprint density at radius 2 is 1.76 bits per heavy atom. The number of thioether (sulfide) groups is 1. The first kappa shape index (κ1) is 26.4. The molecule has 0 radical (unpaired) electrons. The molecule has 190 valence electrons. The van der Waals surface area contributed by atoms with Crippen LogP contribution in [0, 0.1) is 15.9 Å². The fourth-order valence-corrected chi connectivity index (χ4v) is 4.55. The molecule has 0 atom stereocenters. The molecule has 0 unspecified atom stereocenters. The molecule has 1 aliphatic heterocycles. The Hall–Kier alpha value is -3.71. The highest BCUT2D eigenvalue weighted by molar-refractivity contribution is 9.10. The molecule has 0 bridgehead atoms. The topological polar surface area (TPSA) is 89.7 Å². The normalized spacial score (nSPS) is 14.9. The van der Waals surface area contributed by atoms with E-state index in [-0.39, 0.29) is 28.3 Å². The quantitative estimate of drug-likeness (QED) is 0.126. The third kappa shape index (κ3) is 5.83. The molecule has 3 aromatic rings. The van der Waals surface area contributed by atoms with Crippen molar-refractivity contribution in [3.05, 3.63) is 103 Å². The minimum Gasteiger partial charge on any atom is -0.449 e. The third-order valence-electron chi connectivity index (χ3n) is 5.12. The van der Waals surface area contributed by atoms with Gasteiger partial charge in [-0.05, 0) is 54.2 Å². The highest BCUT2D eigenvalue weighted by atomic mass is 79.9. The highest BCUT2D eigenvalue weighted by Gasteiger charge is 2.36. The number of amides is 2. The Morgan fingerprint density at radius 1 is 1.05 bits per heavy atom. The van der Waals surface area contributed by atoms with E-state index in [0.29, 0.717) is 28.4 Å². The lowest BCUT2D eigenvalue weighted by molar-refractivity contribution is -0.385. The molecule has 1 saturated heterocycles. The molecule has 1 aliphatic rings. The van der Waals surface area contributed by atoms with Crippen molar-refractivity contribution in [3.8, 4) is 11.5 Å². The summed E-state index contributed by atoms with van der Waals surface area (Å²) in [5.41, 5.74) is -1.77. The van der Waals surface area contributed by atoms with Crippen LogP contribution in [0.5, 0.6) is 11.5 Å². The van der Waals surface area contributed by atoms with Crippen LogP contribution in [-0.2, 0) is 17.5 Å².